The molecule has 0 aromatic heterocycles. The summed E-state index contributed by atoms with van der Waals surface area (Å²) in [6.45, 7) is 5.20. The minimum absolute atomic E-state index is 0.0422. The van der Waals surface area contributed by atoms with Crippen molar-refractivity contribution < 1.29 is 9.90 Å². The van der Waals surface area contributed by atoms with Crippen LogP contribution in [0.15, 0.2) is 18.2 Å². The standard InChI is InChI=1S/C14H19N3O2S/c1-10-2-3-11(12(18)8-10)14(19)17-6-4-16(5-7-17)9-13(15)20/h2-3,8,18H,4-7,9H2,1H3,(H2,15,20). The van der Waals surface area contributed by atoms with E-state index >= 15 is 0 Å². The number of nitrogens with zero attached hydrogens (tertiary/aromatic N) is 2. The molecule has 0 radical (unpaired) electrons. The third-order valence-electron chi connectivity index (χ3n) is 3.42. The molecule has 1 saturated heterocycles. The van der Waals surface area contributed by atoms with Gasteiger partial charge in [0, 0.05) is 32.7 Å². The number of aromatic hydroxyl groups is 1. The number of carbonyl (C=O) groups excluding carboxylic acids is 1. The van der Waals surface area contributed by atoms with Crippen LogP contribution in [-0.2, 0) is 0 Å². The van der Waals surface area contributed by atoms with Crippen LogP contribution in [0, 0.1) is 6.92 Å². The monoisotopic (exact) mass is 293 g/mol. The summed E-state index contributed by atoms with van der Waals surface area (Å²) in [5.41, 5.74) is 6.81. The lowest BCUT2D eigenvalue weighted by Gasteiger charge is -2.34. The molecule has 2 rings (SSSR count). The van der Waals surface area contributed by atoms with Gasteiger partial charge in [-0.25, -0.2) is 0 Å². The maximum atomic E-state index is 12.4. The molecule has 1 aliphatic heterocycles. The van der Waals surface area contributed by atoms with Gasteiger partial charge in [-0.05, 0) is 24.6 Å². The number of phenolic OH excluding ortho intramolecular Hbond substituents is 1. The maximum absolute atomic E-state index is 12.4. The van der Waals surface area contributed by atoms with E-state index in [1.807, 2.05) is 13.0 Å². The molecule has 0 atom stereocenters. The molecule has 0 saturated carbocycles. The lowest BCUT2D eigenvalue weighted by atomic mass is 10.1. The molecule has 1 amide bonds. The Bertz CT molecular complexity index is 525. The van der Waals surface area contributed by atoms with Gasteiger partial charge in [-0.2, -0.15) is 0 Å². The highest BCUT2D eigenvalue weighted by molar-refractivity contribution is 7.80. The number of piperazine rings is 1. The number of aryl methyl sites for hydroxylation is 1. The normalized spacial score (nSPS) is 16.1. The summed E-state index contributed by atoms with van der Waals surface area (Å²) >= 11 is 4.89. The molecule has 1 fully saturated rings. The molecule has 1 aliphatic rings. The van der Waals surface area contributed by atoms with Gasteiger partial charge in [0.15, 0.2) is 0 Å². The van der Waals surface area contributed by atoms with Gasteiger partial charge in [-0.3, -0.25) is 9.69 Å². The number of benzene rings is 1. The van der Waals surface area contributed by atoms with Crippen LogP contribution in [0.4, 0.5) is 0 Å². The predicted octanol–water partition coefficient (Wildman–Crippen LogP) is 0.745. The second-order valence-corrected chi connectivity index (χ2v) is 5.58. The number of nitrogens with two attached hydrogens (primary N) is 1. The van der Waals surface area contributed by atoms with Crippen molar-refractivity contribution >= 4 is 23.1 Å². The quantitative estimate of drug-likeness (QED) is 0.805. The number of carbonyl (C=O) groups is 1. The third-order valence-corrected chi connectivity index (χ3v) is 3.55. The molecule has 1 aromatic rings. The summed E-state index contributed by atoms with van der Waals surface area (Å²) in [6.07, 6.45) is 0. The summed E-state index contributed by atoms with van der Waals surface area (Å²) in [7, 11) is 0. The molecule has 0 aliphatic carbocycles. The number of hydrogen-bond acceptors (Lipinski definition) is 4. The maximum Gasteiger partial charge on any atom is 0.257 e. The molecule has 0 unspecified atom stereocenters. The largest absolute Gasteiger partial charge is 0.507 e. The second kappa shape index (κ2) is 6.19. The van der Waals surface area contributed by atoms with E-state index in [0.717, 1.165) is 18.7 Å². The first kappa shape index (κ1) is 14.7. The fourth-order valence-electron chi connectivity index (χ4n) is 2.32. The van der Waals surface area contributed by atoms with E-state index in [-0.39, 0.29) is 11.7 Å². The van der Waals surface area contributed by atoms with Crippen molar-refractivity contribution in [3.63, 3.8) is 0 Å². The molecular weight excluding hydrogens is 274 g/mol. The summed E-state index contributed by atoms with van der Waals surface area (Å²) in [5, 5.41) is 9.87. The molecule has 6 heteroatoms. The average Bonchev–Trinajstić information content (AvgIpc) is 2.38. The van der Waals surface area contributed by atoms with Gasteiger partial charge in [-0.1, -0.05) is 18.3 Å². The van der Waals surface area contributed by atoms with Crippen molar-refractivity contribution in [2.45, 2.75) is 6.92 Å². The summed E-state index contributed by atoms with van der Waals surface area (Å²) in [5.74, 6) is -0.0851. The Balaban J connectivity index is 1.99. The van der Waals surface area contributed by atoms with Crippen LogP contribution >= 0.6 is 12.2 Å². The second-order valence-electron chi connectivity index (χ2n) is 5.06. The van der Waals surface area contributed by atoms with E-state index < -0.39 is 0 Å². The Morgan fingerprint density at radius 1 is 1.35 bits per heavy atom. The zero-order chi connectivity index (χ0) is 14.7. The van der Waals surface area contributed by atoms with E-state index in [0.29, 0.717) is 30.2 Å². The van der Waals surface area contributed by atoms with Crippen molar-refractivity contribution in [3.05, 3.63) is 29.3 Å². The van der Waals surface area contributed by atoms with Crippen LogP contribution in [0.2, 0.25) is 0 Å². The first-order chi connectivity index (χ1) is 9.47. The first-order valence-corrected chi connectivity index (χ1v) is 6.98. The lowest BCUT2D eigenvalue weighted by molar-refractivity contribution is 0.0651. The molecule has 20 heavy (non-hydrogen) atoms. The van der Waals surface area contributed by atoms with E-state index in [2.05, 4.69) is 4.90 Å². The molecule has 1 aromatic carbocycles. The molecule has 1 heterocycles. The molecule has 0 bridgehead atoms. The number of thiocarbonyl (C=S) groups is 1. The van der Waals surface area contributed by atoms with Gasteiger partial charge in [0.1, 0.15) is 5.75 Å². The summed E-state index contributed by atoms with van der Waals surface area (Å²) in [6, 6.07) is 5.11. The zero-order valence-electron chi connectivity index (χ0n) is 11.5. The van der Waals surface area contributed by atoms with Crippen molar-refractivity contribution in [2.24, 2.45) is 5.73 Å². The van der Waals surface area contributed by atoms with Gasteiger partial charge in [0.05, 0.1) is 10.6 Å². The smallest absolute Gasteiger partial charge is 0.257 e. The fourth-order valence-corrected chi connectivity index (χ4v) is 2.50. The van der Waals surface area contributed by atoms with Crippen LogP contribution in [0.1, 0.15) is 15.9 Å². The highest BCUT2D eigenvalue weighted by Crippen LogP contribution is 2.20. The fraction of sp³-hybridized carbons (Fsp3) is 0.429. The van der Waals surface area contributed by atoms with Crippen molar-refractivity contribution in [2.75, 3.05) is 32.7 Å². The molecule has 3 N–H and O–H groups in total. The van der Waals surface area contributed by atoms with E-state index in [9.17, 15) is 9.90 Å². The average molecular weight is 293 g/mol. The van der Waals surface area contributed by atoms with Crippen LogP contribution in [0.5, 0.6) is 5.75 Å². The van der Waals surface area contributed by atoms with Crippen LogP contribution in [0.25, 0.3) is 0 Å². The number of phenols is 1. The van der Waals surface area contributed by atoms with Crippen molar-refractivity contribution in [3.8, 4) is 5.75 Å². The van der Waals surface area contributed by atoms with Gasteiger partial charge in [0.25, 0.3) is 5.91 Å². The molecular formula is C14H19N3O2S. The summed E-state index contributed by atoms with van der Waals surface area (Å²) < 4.78 is 0. The highest BCUT2D eigenvalue weighted by atomic mass is 32.1. The molecule has 108 valence electrons. The Morgan fingerprint density at radius 3 is 2.55 bits per heavy atom. The van der Waals surface area contributed by atoms with E-state index in [1.165, 1.54) is 0 Å². The van der Waals surface area contributed by atoms with Gasteiger partial charge in [0.2, 0.25) is 0 Å². The minimum atomic E-state index is -0.127. The highest BCUT2D eigenvalue weighted by Gasteiger charge is 2.23. The molecule has 0 spiro atoms. The molecule has 5 nitrogen and oxygen atoms in total. The SMILES string of the molecule is Cc1ccc(C(=O)N2CCN(CC(N)=S)CC2)c(O)c1. The Labute approximate surface area is 124 Å². The van der Waals surface area contributed by atoms with Gasteiger partial charge in [-0.15, -0.1) is 0 Å². The minimum Gasteiger partial charge on any atom is -0.507 e. The Morgan fingerprint density at radius 2 is 2.00 bits per heavy atom. The van der Waals surface area contributed by atoms with E-state index in [4.69, 9.17) is 18.0 Å². The predicted molar refractivity (Wildman–Crippen MR) is 82.0 cm³/mol. The van der Waals surface area contributed by atoms with Crippen LogP contribution in [-0.4, -0.2) is 58.5 Å². The van der Waals surface area contributed by atoms with Gasteiger partial charge < -0.3 is 15.7 Å². The van der Waals surface area contributed by atoms with Crippen LogP contribution in [0.3, 0.4) is 0 Å². The van der Waals surface area contributed by atoms with Crippen LogP contribution < -0.4 is 5.73 Å². The van der Waals surface area contributed by atoms with Crippen molar-refractivity contribution in [1.29, 1.82) is 0 Å². The van der Waals surface area contributed by atoms with Gasteiger partial charge >= 0.3 is 0 Å². The Kier molecular flexibility index (Phi) is 4.57. The lowest BCUT2D eigenvalue weighted by Crippen LogP contribution is -2.50. The Hall–Kier alpha value is -1.66. The number of hydrogen-bond donors (Lipinski definition) is 2. The van der Waals surface area contributed by atoms with E-state index in [1.54, 1.807) is 17.0 Å². The zero-order valence-corrected chi connectivity index (χ0v) is 12.3. The summed E-state index contributed by atoms with van der Waals surface area (Å²) in [4.78, 5) is 16.7. The van der Waals surface area contributed by atoms with Crippen molar-refractivity contribution in [1.82, 2.24) is 9.80 Å². The topological polar surface area (TPSA) is 69.8 Å². The first-order valence-electron chi connectivity index (χ1n) is 6.57. The number of amides is 1. The number of rotatable bonds is 3. The third kappa shape index (κ3) is 3.46.